The Morgan fingerprint density at radius 1 is 1.48 bits per heavy atom. The normalized spacial score (nSPS) is 12.1. The Hall–Kier alpha value is -1.25. The second-order valence-corrected chi connectivity index (χ2v) is 7.91. The molecule has 2 rings (SSSR count). The van der Waals surface area contributed by atoms with Gasteiger partial charge in [-0.2, -0.15) is 0 Å². The van der Waals surface area contributed by atoms with Crippen LogP contribution in [0.2, 0.25) is 0 Å². The lowest BCUT2D eigenvalue weighted by molar-refractivity contribution is -0.119. The smallest absolute Gasteiger partial charge is 0.230 e. The highest BCUT2D eigenvalue weighted by molar-refractivity contribution is 8.01. The number of amides is 1. The van der Waals surface area contributed by atoms with Crippen molar-refractivity contribution in [3.8, 4) is 5.69 Å². The quantitative estimate of drug-likeness (QED) is 0.585. The molecule has 1 N–H and O–H groups in total. The minimum Gasteiger partial charge on any atom is -0.353 e. The maximum atomic E-state index is 13.0. The molecule has 0 aliphatic carbocycles. The largest absolute Gasteiger partial charge is 0.353 e. The zero-order valence-electron chi connectivity index (χ0n) is 12.9. The zero-order chi connectivity index (χ0) is 16.8. The lowest BCUT2D eigenvalue weighted by Gasteiger charge is -2.11. The van der Waals surface area contributed by atoms with Gasteiger partial charge >= 0.3 is 0 Å². The van der Waals surface area contributed by atoms with E-state index in [9.17, 15) is 9.18 Å². The first-order valence-corrected chi connectivity index (χ1v) is 9.49. The molecular weight excluding hydrogens is 353 g/mol. The third-order valence-corrected chi connectivity index (χ3v) is 5.42. The van der Waals surface area contributed by atoms with Crippen LogP contribution in [0.1, 0.15) is 26.7 Å². The highest BCUT2D eigenvalue weighted by Crippen LogP contribution is 2.24. The number of halogens is 1. The van der Waals surface area contributed by atoms with Gasteiger partial charge in [0.2, 0.25) is 5.91 Å². The van der Waals surface area contributed by atoms with Gasteiger partial charge in [0.25, 0.3) is 0 Å². The van der Waals surface area contributed by atoms with E-state index in [-0.39, 0.29) is 17.8 Å². The van der Waals surface area contributed by atoms with Crippen molar-refractivity contribution in [1.82, 2.24) is 15.1 Å². The topological polar surface area (TPSA) is 46.9 Å². The van der Waals surface area contributed by atoms with E-state index in [1.807, 2.05) is 6.92 Å². The maximum absolute atomic E-state index is 13.0. The number of carbonyl (C=O) groups excluding carboxylic acids is 1. The van der Waals surface area contributed by atoms with Gasteiger partial charge in [0, 0.05) is 6.04 Å². The van der Waals surface area contributed by atoms with Crippen molar-refractivity contribution >= 4 is 41.2 Å². The lowest BCUT2D eigenvalue weighted by atomic mass is 10.2. The summed E-state index contributed by atoms with van der Waals surface area (Å²) in [6.07, 6.45) is 2.01. The second-order valence-electron chi connectivity index (χ2n) is 5.07. The average molecular weight is 372 g/mol. The van der Waals surface area contributed by atoms with Gasteiger partial charge in [0.15, 0.2) is 8.29 Å². The SMILES string of the molecule is CCC[C@H](C)NC(=O)CSc1nn(-c2ccc(F)cc2)c(=S)s1. The summed E-state index contributed by atoms with van der Waals surface area (Å²) in [5, 5.41) is 7.34. The summed E-state index contributed by atoms with van der Waals surface area (Å²) in [6.45, 7) is 4.09. The molecule has 23 heavy (non-hydrogen) atoms. The Balaban J connectivity index is 1.97. The van der Waals surface area contributed by atoms with Crippen LogP contribution in [0.4, 0.5) is 4.39 Å². The van der Waals surface area contributed by atoms with Crippen LogP contribution in [0.5, 0.6) is 0 Å². The first kappa shape index (κ1) is 18.1. The number of nitrogens with one attached hydrogen (secondary N) is 1. The average Bonchev–Trinajstić information content (AvgIpc) is 2.87. The summed E-state index contributed by atoms with van der Waals surface area (Å²) in [5.41, 5.74) is 0.709. The van der Waals surface area contributed by atoms with E-state index >= 15 is 0 Å². The Kier molecular flexibility index (Phi) is 6.73. The minimum absolute atomic E-state index is 0.00889. The highest BCUT2D eigenvalue weighted by atomic mass is 32.2. The summed E-state index contributed by atoms with van der Waals surface area (Å²) in [6, 6.07) is 6.16. The van der Waals surface area contributed by atoms with Crippen LogP contribution in [0.3, 0.4) is 0 Å². The summed E-state index contributed by atoms with van der Waals surface area (Å²) < 4.78 is 15.8. The van der Waals surface area contributed by atoms with Crippen LogP contribution in [0, 0.1) is 9.77 Å². The Morgan fingerprint density at radius 3 is 2.83 bits per heavy atom. The van der Waals surface area contributed by atoms with Crippen LogP contribution in [-0.2, 0) is 4.79 Å². The molecule has 0 saturated carbocycles. The fourth-order valence-electron chi connectivity index (χ4n) is 2.01. The molecule has 0 fully saturated rings. The molecule has 0 aliphatic heterocycles. The number of benzene rings is 1. The molecule has 8 heteroatoms. The number of nitrogens with zero attached hydrogens (tertiary/aromatic N) is 2. The van der Waals surface area contributed by atoms with E-state index in [0.717, 1.165) is 17.2 Å². The van der Waals surface area contributed by atoms with Gasteiger partial charge in [-0.1, -0.05) is 36.4 Å². The first-order valence-electron chi connectivity index (χ1n) is 7.28. The molecule has 1 aromatic carbocycles. The molecule has 0 saturated heterocycles. The molecular formula is C15H18FN3OS3. The summed E-state index contributed by atoms with van der Waals surface area (Å²) in [5.74, 6) is -0.00638. The summed E-state index contributed by atoms with van der Waals surface area (Å²) >= 11 is 7.98. The molecule has 1 heterocycles. The van der Waals surface area contributed by atoms with Gasteiger partial charge in [-0.3, -0.25) is 4.79 Å². The standard InChI is InChI=1S/C15H18FN3OS3/c1-3-4-10(2)17-13(20)9-22-14-18-19(15(21)23-14)12-7-5-11(16)6-8-12/h5-8,10H,3-4,9H2,1-2H3,(H,17,20)/t10-/m0/s1. The molecule has 0 radical (unpaired) electrons. The fraction of sp³-hybridized carbons (Fsp3) is 0.400. The van der Waals surface area contributed by atoms with Crippen LogP contribution in [0.25, 0.3) is 5.69 Å². The van der Waals surface area contributed by atoms with E-state index < -0.39 is 0 Å². The highest BCUT2D eigenvalue weighted by Gasteiger charge is 2.11. The molecule has 4 nitrogen and oxygen atoms in total. The minimum atomic E-state index is -0.303. The number of rotatable bonds is 7. The first-order chi connectivity index (χ1) is 11.0. The van der Waals surface area contributed by atoms with Crippen LogP contribution >= 0.6 is 35.3 Å². The number of hydrogen-bond donors (Lipinski definition) is 1. The van der Waals surface area contributed by atoms with Crippen molar-refractivity contribution in [2.75, 3.05) is 5.75 Å². The third kappa shape index (κ3) is 5.40. The Bertz CT molecular complexity index is 712. The predicted molar refractivity (Wildman–Crippen MR) is 95.5 cm³/mol. The molecule has 1 amide bonds. The summed E-state index contributed by atoms with van der Waals surface area (Å²) in [7, 11) is 0. The number of aromatic nitrogens is 2. The monoisotopic (exact) mass is 371 g/mol. The van der Waals surface area contributed by atoms with Gasteiger partial charge in [-0.15, -0.1) is 5.10 Å². The Labute approximate surface area is 148 Å². The predicted octanol–water partition coefficient (Wildman–Crippen LogP) is 4.20. The molecule has 1 atom stereocenters. The van der Waals surface area contributed by atoms with Crippen LogP contribution in [-0.4, -0.2) is 27.5 Å². The van der Waals surface area contributed by atoms with Gasteiger partial charge in [-0.25, -0.2) is 9.07 Å². The van der Waals surface area contributed by atoms with Gasteiger partial charge in [0.05, 0.1) is 11.4 Å². The second kappa shape index (κ2) is 8.56. The molecule has 124 valence electrons. The molecule has 0 spiro atoms. The number of hydrogen-bond acceptors (Lipinski definition) is 5. The van der Waals surface area contributed by atoms with Crippen molar-refractivity contribution in [2.24, 2.45) is 0 Å². The molecule has 0 unspecified atom stereocenters. The van der Waals surface area contributed by atoms with E-state index in [0.29, 0.717) is 15.4 Å². The third-order valence-electron chi connectivity index (χ3n) is 3.06. The van der Waals surface area contributed by atoms with Crippen LogP contribution < -0.4 is 5.32 Å². The lowest BCUT2D eigenvalue weighted by Crippen LogP contribution is -2.33. The van der Waals surface area contributed by atoms with Crippen molar-refractivity contribution in [2.45, 2.75) is 37.1 Å². The molecule has 2 aromatic rings. The van der Waals surface area contributed by atoms with Crippen molar-refractivity contribution in [3.05, 3.63) is 34.0 Å². The van der Waals surface area contributed by atoms with Crippen molar-refractivity contribution in [1.29, 1.82) is 0 Å². The zero-order valence-corrected chi connectivity index (χ0v) is 15.4. The van der Waals surface area contributed by atoms with Crippen molar-refractivity contribution < 1.29 is 9.18 Å². The van der Waals surface area contributed by atoms with Gasteiger partial charge < -0.3 is 5.32 Å². The van der Waals surface area contributed by atoms with E-state index in [4.69, 9.17) is 12.2 Å². The maximum Gasteiger partial charge on any atom is 0.230 e. The fourth-order valence-corrected chi connectivity index (χ4v) is 4.19. The van der Waals surface area contributed by atoms with E-state index in [1.165, 1.54) is 35.2 Å². The number of carbonyl (C=O) groups is 1. The van der Waals surface area contributed by atoms with E-state index in [1.54, 1.807) is 16.8 Å². The summed E-state index contributed by atoms with van der Waals surface area (Å²) in [4.78, 5) is 11.9. The number of thioether (sulfide) groups is 1. The Morgan fingerprint density at radius 2 is 2.17 bits per heavy atom. The molecule has 1 aromatic heterocycles. The van der Waals surface area contributed by atoms with Crippen molar-refractivity contribution in [3.63, 3.8) is 0 Å². The molecule has 0 aliphatic rings. The molecule has 0 bridgehead atoms. The van der Waals surface area contributed by atoms with Gasteiger partial charge in [-0.05, 0) is 49.8 Å². The van der Waals surface area contributed by atoms with Crippen LogP contribution in [0.15, 0.2) is 28.6 Å². The van der Waals surface area contributed by atoms with Gasteiger partial charge in [0.1, 0.15) is 5.82 Å². The van der Waals surface area contributed by atoms with E-state index in [2.05, 4.69) is 17.3 Å².